The van der Waals surface area contributed by atoms with Crippen LogP contribution in [0.25, 0.3) is 0 Å². The van der Waals surface area contributed by atoms with Crippen LogP contribution in [0.5, 0.6) is 0 Å². The Morgan fingerprint density at radius 3 is 2.74 bits per heavy atom. The molecule has 1 rings (SSSR count). The third kappa shape index (κ3) is 7.15. The molecule has 0 spiro atoms. The molecule has 0 unspecified atom stereocenters. The van der Waals surface area contributed by atoms with Crippen LogP contribution < -0.4 is 10.6 Å². The Hall–Kier alpha value is -1.10. The van der Waals surface area contributed by atoms with Crippen LogP contribution in [0.4, 0.5) is 5.69 Å². The summed E-state index contributed by atoms with van der Waals surface area (Å²) in [7, 11) is 1.64. The number of amides is 1. The number of halogens is 1. The summed E-state index contributed by atoms with van der Waals surface area (Å²) in [6.07, 6.45) is 1.24. The van der Waals surface area contributed by atoms with Crippen molar-refractivity contribution in [1.29, 1.82) is 0 Å². The minimum absolute atomic E-state index is 0. The molecule has 108 valence electrons. The Kier molecular flexibility index (Phi) is 10.2. The lowest BCUT2D eigenvalue weighted by atomic mass is 10.1. The molecule has 0 aliphatic carbocycles. The van der Waals surface area contributed by atoms with Crippen LogP contribution in [0.3, 0.4) is 0 Å². The highest BCUT2D eigenvalue weighted by Crippen LogP contribution is 2.15. The van der Waals surface area contributed by atoms with Crippen molar-refractivity contribution in [2.24, 2.45) is 0 Å². The van der Waals surface area contributed by atoms with Gasteiger partial charge < -0.3 is 15.4 Å². The topological polar surface area (TPSA) is 50.4 Å². The number of nitrogens with one attached hydrogen (secondary N) is 2. The van der Waals surface area contributed by atoms with Crippen molar-refractivity contribution >= 4 is 24.0 Å². The highest BCUT2D eigenvalue weighted by Gasteiger charge is 2.05. The van der Waals surface area contributed by atoms with Crippen molar-refractivity contribution in [3.05, 3.63) is 29.8 Å². The van der Waals surface area contributed by atoms with Gasteiger partial charge in [0.15, 0.2) is 0 Å². The first-order valence-electron chi connectivity index (χ1n) is 6.35. The fraction of sp³-hybridized carbons (Fsp3) is 0.500. The van der Waals surface area contributed by atoms with Gasteiger partial charge in [-0.1, -0.05) is 25.1 Å². The second-order valence-corrected chi connectivity index (χ2v) is 4.08. The molecule has 1 amide bonds. The Labute approximate surface area is 121 Å². The molecule has 2 N–H and O–H groups in total. The zero-order chi connectivity index (χ0) is 13.2. The zero-order valence-electron chi connectivity index (χ0n) is 11.6. The van der Waals surface area contributed by atoms with Gasteiger partial charge in [-0.15, -0.1) is 12.4 Å². The summed E-state index contributed by atoms with van der Waals surface area (Å²) in [4.78, 5) is 11.7. The van der Waals surface area contributed by atoms with Gasteiger partial charge in [-0.2, -0.15) is 0 Å². The van der Waals surface area contributed by atoms with E-state index in [1.54, 1.807) is 7.11 Å². The lowest BCUT2D eigenvalue weighted by Gasteiger charge is -2.11. The summed E-state index contributed by atoms with van der Waals surface area (Å²) in [5.41, 5.74) is 2.00. The Bertz CT molecular complexity index is 372. The van der Waals surface area contributed by atoms with Gasteiger partial charge in [-0.25, -0.2) is 0 Å². The fourth-order valence-electron chi connectivity index (χ4n) is 1.65. The fourth-order valence-corrected chi connectivity index (χ4v) is 1.65. The summed E-state index contributed by atoms with van der Waals surface area (Å²) >= 11 is 0. The van der Waals surface area contributed by atoms with E-state index in [2.05, 4.69) is 17.6 Å². The molecule has 5 heteroatoms. The number of hydrogen-bond donors (Lipinski definition) is 2. The molecule has 1 aromatic carbocycles. The number of methoxy groups -OCH3 is 1. The van der Waals surface area contributed by atoms with Crippen LogP contribution in [0.1, 0.15) is 25.3 Å². The van der Waals surface area contributed by atoms with E-state index in [-0.39, 0.29) is 18.3 Å². The van der Waals surface area contributed by atoms with E-state index in [9.17, 15) is 4.79 Å². The van der Waals surface area contributed by atoms with Crippen LogP contribution in [-0.2, 0) is 16.1 Å². The number of para-hydroxylation sites is 1. The minimum atomic E-state index is 0. The Morgan fingerprint density at radius 1 is 1.32 bits per heavy atom. The number of rotatable bonds is 8. The molecule has 0 aliphatic rings. The number of carbonyl (C=O) groups excluding carboxylic acids is 1. The summed E-state index contributed by atoms with van der Waals surface area (Å²) in [6.45, 7) is 4.36. The molecule has 4 nitrogen and oxygen atoms in total. The van der Waals surface area contributed by atoms with Gasteiger partial charge in [0, 0.05) is 32.4 Å². The third-order valence-electron chi connectivity index (χ3n) is 2.61. The van der Waals surface area contributed by atoms with E-state index in [4.69, 9.17) is 4.74 Å². The van der Waals surface area contributed by atoms with Crippen LogP contribution >= 0.6 is 12.4 Å². The van der Waals surface area contributed by atoms with Gasteiger partial charge in [0.1, 0.15) is 0 Å². The zero-order valence-corrected chi connectivity index (χ0v) is 12.4. The van der Waals surface area contributed by atoms with Gasteiger partial charge in [0.05, 0.1) is 0 Å². The van der Waals surface area contributed by atoms with E-state index in [1.807, 2.05) is 24.3 Å². The van der Waals surface area contributed by atoms with Gasteiger partial charge in [-0.3, -0.25) is 4.79 Å². The van der Waals surface area contributed by atoms with Gasteiger partial charge >= 0.3 is 0 Å². The maximum atomic E-state index is 11.7. The van der Waals surface area contributed by atoms with Crippen molar-refractivity contribution in [3.63, 3.8) is 0 Å². The van der Waals surface area contributed by atoms with Crippen LogP contribution in [0, 0.1) is 0 Å². The van der Waals surface area contributed by atoms with Gasteiger partial charge in [-0.05, 0) is 24.6 Å². The summed E-state index contributed by atoms with van der Waals surface area (Å²) < 4.78 is 4.93. The van der Waals surface area contributed by atoms with Crippen LogP contribution in [-0.4, -0.2) is 26.2 Å². The predicted octanol–water partition coefficient (Wildman–Crippen LogP) is 2.58. The molecule has 19 heavy (non-hydrogen) atoms. The van der Waals surface area contributed by atoms with Crippen molar-refractivity contribution < 1.29 is 9.53 Å². The van der Waals surface area contributed by atoms with E-state index in [0.29, 0.717) is 13.0 Å². The molecule has 0 atom stereocenters. The van der Waals surface area contributed by atoms with Crippen molar-refractivity contribution in [1.82, 2.24) is 5.32 Å². The second-order valence-electron chi connectivity index (χ2n) is 4.08. The molecule has 0 saturated heterocycles. The van der Waals surface area contributed by atoms with E-state index >= 15 is 0 Å². The summed E-state index contributed by atoms with van der Waals surface area (Å²) in [5.74, 6) is 0.0380. The smallest absolute Gasteiger partial charge is 0.224 e. The highest BCUT2D eigenvalue weighted by atomic mass is 35.5. The third-order valence-corrected chi connectivity index (χ3v) is 2.61. The Balaban J connectivity index is 0.00000324. The average Bonchev–Trinajstić information content (AvgIpc) is 2.38. The molecule has 0 saturated carbocycles. The summed E-state index contributed by atoms with van der Waals surface area (Å²) in [5, 5.41) is 6.20. The first-order chi connectivity index (χ1) is 8.77. The maximum Gasteiger partial charge on any atom is 0.224 e. The monoisotopic (exact) mass is 286 g/mol. The maximum absolute atomic E-state index is 11.7. The van der Waals surface area contributed by atoms with Crippen molar-refractivity contribution in [3.8, 4) is 0 Å². The minimum Gasteiger partial charge on any atom is -0.385 e. The first-order valence-corrected chi connectivity index (χ1v) is 6.35. The molecule has 0 radical (unpaired) electrons. The number of benzene rings is 1. The molecule has 0 aliphatic heterocycles. The van der Waals surface area contributed by atoms with E-state index < -0.39 is 0 Å². The normalized spacial score (nSPS) is 9.79. The van der Waals surface area contributed by atoms with Crippen LogP contribution in [0.2, 0.25) is 0 Å². The Morgan fingerprint density at radius 2 is 2.05 bits per heavy atom. The number of ether oxygens (including phenoxy) is 1. The van der Waals surface area contributed by atoms with E-state index in [1.165, 1.54) is 0 Å². The van der Waals surface area contributed by atoms with Crippen molar-refractivity contribution in [2.45, 2.75) is 26.3 Å². The second kappa shape index (κ2) is 10.8. The largest absolute Gasteiger partial charge is 0.385 e. The quantitative estimate of drug-likeness (QED) is 0.722. The van der Waals surface area contributed by atoms with Crippen LogP contribution in [0.15, 0.2) is 24.3 Å². The van der Waals surface area contributed by atoms with Gasteiger partial charge in [0.25, 0.3) is 0 Å². The molecule has 0 heterocycles. The molecule has 0 fully saturated rings. The molecular weight excluding hydrogens is 264 g/mol. The molecule has 0 bridgehead atoms. The molecular formula is C14H23ClN2O2. The SMILES string of the molecule is CCNCc1ccccc1NC(=O)CCCOC.Cl. The standard InChI is InChI=1S/C14H22N2O2.ClH/c1-3-15-11-12-7-4-5-8-13(12)16-14(17)9-6-10-18-2;/h4-5,7-8,15H,3,6,9-11H2,1-2H3,(H,16,17);1H. The lowest BCUT2D eigenvalue weighted by Crippen LogP contribution is -2.17. The highest BCUT2D eigenvalue weighted by molar-refractivity contribution is 5.91. The summed E-state index contributed by atoms with van der Waals surface area (Å²) in [6, 6.07) is 7.86. The number of hydrogen-bond acceptors (Lipinski definition) is 3. The molecule has 0 aromatic heterocycles. The van der Waals surface area contributed by atoms with Crippen molar-refractivity contribution in [2.75, 3.05) is 25.6 Å². The number of carbonyl (C=O) groups is 1. The predicted molar refractivity (Wildman–Crippen MR) is 80.8 cm³/mol. The van der Waals surface area contributed by atoms with E-state index in [0.717, 1.165) is 30.8 Å². The lowest BCUT2D eigenvalue weighted by molar-refractivity contribution is -0.116. The average molecular weight is 287 g/mol. The number of anilines is 1. The molecule has 1 aromatic rings. The van der Waals surface area contributed by atoms with Gasteiger partial charge in [0.2, 0.25) is 5.91 Å². The first kappa shape index (κ1) is 17.9.